The summed E-state index contributed by atoms with van der Waals surface area (Å²) in [5, 5.41) is 8.82. The van der Waals surface area contributed by atoms with Crippen molar-refractivity contribution in [2.24, 2.45) is 5.92 Å². The van der Waals surface area contributed by atoms with Gasteiger partial charge in [0.1, 0.15) is 0 Å². The van der Waals surface area contributed by atoms with Crippen LogP contribution < -0.4 is 16.0 Å². The SMILES string of the molecule is O=C(NC(=S)Nc1cccc(NC(=O)C2CCCCC2)c1)c1cccc(Br)c1. The van der Waals surface area contributed by atoms with Crippen molar-refractivity contribution in [3.63, 3.8) is 0 Å². The van der Waals surface area contributed by atoms with Crippen LogP contribution in [0, 0.1) is 5.92 Å². The highest BCUT2D eigenvalue weighted by atomic mass is 79.9. The van der Waals surface area contributed by atoms with Crippen molar-refractivity contribution in [1.29, 1.82) is 0 Å². The Labute approximate surface area is 178 Å². The van der Waals surface area contributed by atoms with E-state index in [0.29, 0.717) is 16.9 Å². The number of anilines is 2. The van der Waals surface area contributed by atoms with Crippen LogP contribution in [-0.2, 0) is 4.79 Å². The van der Waals surface area contributed by atoms with E-state index in [1.165, 1.54) is 6.42 Å². The van der Waals surface area contributed by atoms with Gasteiger partial charge in [0.2, 0.25) is 5.91 Å². The van der Waals surface area contributed by atoms with Crippen LogP contribution in [0.25, 0.3) is 0 Å². The Balaban J connectivity index is 1.56. The number of nitrogens with one attached hydrogen (secondary N) is 3. The summed E-state index contributed by atoms with van der Waals surface area (Å²) in [5.41, 5.74) is 1.91. The van der Waals surface area contributed by atoms with Crippen molar-refractivity contribution in [2.45, 2.75) is 32.1 Å². The molecule has 146 valence electrons. The molecule has 28 heavy (non-hydrogen) atoms. The second-order valence-electron chi connectivity index (χ2n) is 6.82. The number of halogens is 1. The van der Waals surface area contributed by atoms with Crippen molar-refractivity contribution in [1.82, 2.24) is 5.32 Å². The molecule has 0 unspecified atom stereocenters. The quantitative estimate of drug-likeness (QED) is 0.556. The summed E-state index contributed by atoms with van der Waals surface area (Å²) in [6, 6.07) is 14.4. The standard InChI is InChI=1S/C21H22BrN3O2S/c22-16-9-4-8-15(12-16)20(27)25-21(28)24-18-11-5-10-17(13-18)23-19(26)14-6-2-1-3-7-14/h4-5,8-14H,1-3,6-7H2,(H,23,26)(H2,24,25,27,28). The van der Waals surface area contributed by atoms with Gasteiger partial charge in [0.15, 0.2) is 5.11 Å². The number of hydrogen-bond donors (Lipinski definition) is 3. The van der Waals surface area contributed by atoms with Crippen molar-refractivity contribution < 1.29 is 9.59 Å². The van der Waals surface area contributed by atoms with Gasteiger partial charge in [-0.2, -0.15) is 0 Å². The Morgan fingerprint density at radius 1 is 0.929 bits per heavy atom. The lowest BCUT2D eigenvalue weighted by molar-refractivity contribution is -0.120. The third-order valence-electron chi connectivity index (χ3n) is 4.68. The summed E-state index contributed by atoms with van der Waals surface area (Å²) in [5.74, 6) is -0.126. The number of rotatable bonds is 4. The average Bonchev–Trinajstić information content (AvgIpc) is 2.69. The highest BCUT2D eigenvalue weighted by Crippen LogP contribution is 2.25. The minimum atomic E-state index is -0.291. The summed E-state index contributed by atoms with van der Waals surface area (Å²) >= 11 is 8.58. The van der Waals surface area contributed by atoms with E-state index in [1.807, 2.05) is 24.3 Å². The van der Waals surface area contributed by atoms with E-state index in [2.05, 4.69) is 31.9 Å². The van der Waals surface area contributed by atoms with E-state index < -0.39 is 0 Å². The number of hydrogen-bond acceptors (Lipinski definition) is 3. The Hall–Kier alpha value is -2.25. The normalized spacial score (nSPS) is 14.2. The number of thiocarbonyl (C=S) groups is 1. The lowest BCUT2D eigenvalue weighted by Gasteiger charge is -2.21. The smallest absolute Gasteiger partial charge is 0.257 e. The molecule has 1 aliphatic rings. The van der Waals surface area contributed by atoms with Gasteiger partial charge in [-0.05, 0) is 61.5 Å². The fourth-order valence-electron chi connectivity index (χ4n) is 3.25. The monoisotopic (exact) mass is 459 g/mol. The summed E-state index contributed by atoms with van der Waals surface area (Å²) < 4.78 is 0.820. The molecule has 0 saturated heterocycles. The Morgan fingerprint density at radius 3 is 2.32 bits per heavy atom. The van der Waals surface area contributed by atoms with E-state index in [-0.39, 0.29) is 22.8 Å². The molecule has 1 aliphatic carbocycles. The van der Waals surface area contributed by atoms with Crippen molar-refractivity contribution in [2.75, 3.05) is 10.6 Å². The maximum atomic E-state index is 12.4. The van der Waals surface area contributed by atoms with Gasteiger partial charge in [0.05, 0.1) is 0 Å². The molecule has 0 bridgehead atoms. The molecule has 5 nitrogen and oxygen atoms in total. The number of amides is 2. The van der Waals surface area contributed by atoms with Gasteiger partial charge < -0.3 is 10.6 Å². The van der Waals surface area contributed by atoms with Gasteiger partial charge in [-0.25, -0.2) is 0 Å². The van der Waals surface area contributed by atoms with Gasteiger partial charge in [0, 0.05) is 27.3 Å². The molecule has 0 aromatic heterocycles. The fourth-order valence-corrected chi connectivity index (χ4v) is 3.86. The van der Waals surface area contributed by atoms with Gasteiger partial charge in [-0.3, -0.25) is 14.9 Å². The van der Waals surface area contributed by atoms with Crippen LogP contribution in [0.1, 0.15) is 42.5 Å². The van der Waals surface area contributed by atoms with Crippen molar-refractivity contribution in [3.05, 3.63) is 58.6 Å². The maximum absolute atomic E-state index is 12.4. The maximum Gasteiger partial charge on any atom is 0.257 e. The van der Waals surface area contributed by atoms with Crippen LogP contribution in [-0.4, -0.2) is 16.9 Å². The first-order valence-corrected chi connectivity index (χ1v) is 10.5. The zero-order valence-electron chi connectivity index (χ0n) is 15.3. The Bertz CT molecular complexity index is 881. The van der Waals surface area contributed by atoms with Crippen LogP contribution in [0.4, 0.5) is 11.4 Å². The highest BCUT2D eigenvalue weighted by molar-refractivity contribution is 9.10. The topological polar surface area (TPSA) is 70.2 Å². The largest absolute Gasteiger partial charge is 0.332 e. The first-order valence-electron chi connectivity index (χ1n) is 9.30. The van der Waals surface area contributed by atoms with Crippen molar-refractivity contribution >= 4 is 56.4 Å². The summed E-state index contributed by atoms with van der Waals surface area (Å²) in [6.07, 6.45) is 5.36. The molecule has 7 heteroatoms. The molecule has 0 aliphatic heterocycles. The zero-order chi connectivity index (χ0) is 19.9. The molecule has 2 aromatic carbocycles. The molecule has 0 spiro atoms. The summed E-state index contributed by atoms with van der Waals surface area (Å²) in [4.78, 5) is 24.7. The zero-order valence-corrected chi connectivity index (χ0v) is 17.7. The number of benzene rings is 2. The fraction of sp³-hybridized carbons (Fsp3) is 0.286. The molecule has 2 amide bonds. The molecule has 0 heterocycles. The van der Waals surface area contributed by atoms with E-state index in [9.17, 15) is 9.59 Å². The third-order valence-corrected chi connectivity index (χ3v) is 5.38. The van der Waals surface area contributed by atoms with E-state index >= 15 is 0 Å². The first-order chi connectivity index (χ1) is 13.5. The average molecular weight is 460 g/mol. The predicted molar refractivity (Wildman–Crippen MR) is 119 cm³/mol. The van der Waals surface area contributed by atoms with Crippen molar-refractivity contribution in [3.8, 4) is 0 Å². The molecule has 0 atom stereocenters. The van der Waals surface area contributed by atoms with E-state index in [4.69, 9.17) is 12.2 Å². The van der Waals surface area contributed by atoms with Gasteiger partial charge in [-0.1, -0.05) is 47.3 Å². The Morgan fingerprint density at radius 2 is 1.61 bits per heavy atom. The Kier molecular flexibility index (Phi) is 7.17. The molecule has 1 saturated carbocycles. The molecule has 0 radical (unpaired) electrons. The first kappa shape index (κ1) is 20.5. The molecule has 1 fully saturated rings. The molecular formula is C21H22BrN3O2S. The van der Waals surface area contributed by atoms with Gasteiger partial charge >= 0.3 is 0 Å². The van der Waals surface area contributed by atoms with Crippen LogP contribution in [0.2, 0.25) is 0 Å². The lowest BCUT2D eigenvalue weighted by Crippen LogP contribution is -2.34. The highest BCUT2D eigenvalue weighted by Gasteiger charge is 2.21. The van der Waals surface area contributed by atoms with Crippen LogP contribution in [0.3, 0.4) is 0 Å². The minimum Gasteiger partial charge on any atom is -0.332 e. The third kappa shape index (κ3) is 5.87. The predicted octanol–water partition coefficient (Wildman–Crippen LogP) is 5.09. The summed E-state index contributed by atoms with van der Waals surface area (Å²) in [7, 11) is 0. The molecule has 2 aromatic rings. The van der Waals surface area contributed by atoms with Crippen LogP contribution in [0.15, 0.2) is 53.0 Å². The molecule has 3 rings (SSSR count). The van der Waals surface area contributed by atoms with Gasteiger partial charge in [0.25, 0.3) is 5.91 Å². The second kappa shape index (κ2) is 9.80. The molecular weight excluding hydrogens is 438 g/mol. The van der Waals surface area contributed by atoms with E-state index in [0.717, 1.165) is 30.2 Å². The van der Waals surface area contributed by atoms with Crippen LogP contribution >= 0.6 is 28.1 Å². The van der Waals surface area contributed by atoms with Crippen LogP contribution in [0.5, 0.6) is 0 Å². The lowest BCUT2D eigenvalue weighted by atomic mass is 9.88. The minimum absolute atomic E-state index is 0.0717. The summed E-state index contributed by atoms with van der Waals surface area (Å²) in [6.45, 7) is 0. The van der Waals surface area contributed by atoms with E-state index in [1.54, 1.807) is 24.3 Å². The number of carbonyl (C=O) groups excluding carboxylic acids is 2. The number of carbonyl (C=O) groups is 2. The molecule has 3 N–H and O–H groups in total. The van der Waals surface area contributed by atoms with Gasteiger partial charge in [-0.15, -0.1) is 0 Å². The second-order valence-corrected chi connectivity index (χ2v) is 8.15.